The predicted octanol–water partition coefficient (Wildman–Crippen LogP) is 17.4. The molecule has 2 fully saturated rings. The Hall–Kier alpha value is -7.29. The Balaban J connectivity index is 0.958. The van der Waals surface area contributed by atoms with Crippen LogP contribution in [0.3, 0.4) is 0 Å². The first kappa shape index (κ1) is 41.4. The molecule has 0 aliphatic heterocycles. The molecule has 5 unspecified atom stereocenters. The summed E-state index contributed by atoms with van der Waals surface area (Å²) in [5.74, 6) is 2.74. The van der Waals surface area contributed by atoms with E-state index in [2.05, 4.69) is 219 Å². The van der Waals surface area contributed by atoms with Crippen LogP contribution in [-0.4, -0.2) is 6.21 Å². The van der Waals surface area contributed by atoms with Gasteiger partial charge in [-0.1, -0.05) is 172 Å². The standard InChI is InChI=1S/C64H56N2/c1-4-46(35-36-65)59-41-61-58-17-11-12-18-62(58)64(44(3)39-45-37-43(2)38-54(64)40-45)63(61)42-60(59)53-21-19-49(20-22-53)52-27-33-57(34-28-52)66(55-29-23-50(24-30-55)47-13-7-5-8-14-47)56-31-25-51(26-32-56)48-15-9-6-10-16-48/h4-36,41-45,54,65H,1,37-40H2,2-3H3/b46-35+,65-36?. The second-order valence-electron chi connectivity index (χ2n) is 19.1. The van der Waals surface area contributed by atoms with Crippen molar-refractivity contribution < 1.29 is 0 Å². The zero-order valence-electron chi connectivity index (χ0n) is 38.0. The molecule has 0 amide bonds. The summed E-state index contributed by atoms with van der Waals surface area (Å²) in [5, 5.41) is 8.10. The van der Waals surface area contributed by atoms with Gasteiger partial charge in [-0.25, -0.2) is 0 Å². The second-order valence-corrected chi connectivity index (χ2v) is 19.1. The Morgan fingerprint density at radius 3 is 1.52 bits per heavy atom. The van der Waals surface area contributed by atoms with E-state index in [0.29, 0.717) is 11.8 Å². The number of rotatable bonds is 10. The summed E-state index contributed by atoms with van der Waals surface area (Å²) < 4.78 is 0. The molecule has 66 heavy (non-hydrogen) atoms. The molecule has 2 bridgehead atoms. The SMILES string of the molecule is C=C/C(=C\C=N)c1cc2c(cc1-c1ccc(-c3ccc(N(c4ccc(-c5ccccc5)cc4)c4ccc(-c5ccccc5)cc4)cc3)cc1)C1(c3ccccc3-2)C(C)CC2CC(C)CC1C2. The average Bonchev–Trinajstić information content (AvgIpc) is 3.66. The lowest BCUT2D eigenvalue weighted by Crippen LogP contribution is -2.49. The van der Waals surface area contributed by atoms with Crippen LogP contribution in [0.2, 0.25) is 0 Å². The molecular weight excluding hydrogens is 797 g/mol. The van der Waals surface area contributed by atoms with Gasteiger partial charge in [-0.3, -0.25) is 0 Å². The number of fused-ring (bicyclic) bond motifs is 8. The molecule has 0 saturated heterocycles. The van der Waals surface area contributed by atoms with E-state index in [1.54, 1.807) is 0 Å². The van der Waals surface area contributed by atoms with Crippen LogP contribution in [0.15, 0.2) is 213 Å². The highest BCUT2D eigenvalue weighted by Gasteiger charge is 2.56. The quantitative estimate of drug-likeness (QED) is 0.108. The minimum absolute atomic E-state index is 0.00652. The van der Waals surface area contributed by atoms with E-state index >= 15 is 0 Å². The van der Waals surface area contributed by atoms with E-state index in [1.807, 2.05) is 12.2 Å². The Kier molecular flexibility index (Phi) is 10.8. The molecule has 0 heterocycles. The molecule has 8 aromatic carbocycles. The average molecular weight is 853 g/mol. The van der Waals surface area contributed by atoms with Gasteiger partial charge in [0.15, 0.2) is 0 Å². The molecule has 0 aromatic heterocycles. The molecule has 8 aromatic rings. The molecule has 2 saturated carbocycles. The molecule has 0 radical (unpaired) electrons. The van der Waals surface area contributed by atoms with E-state index < -0.39 is 0 Å². The summed E-state index contributed by atoms with van der Waals surface area (Å²) in [6.45, 7) is 9.27. The molecule has 1 spiro atoms. The summed E-state index contributed by atoms with van der Waals surface area (Å²) in [4.78, 5) is 2.34. The minimum Gasteiger partial charge on any atom is -0.311 e. The van der Waals surface area contributed by atoms with Crippen molar-refractivity contribution in [1.82, 2.24) is 0 Å². The van der Waals surface area contributed by atoms with E-state index in [1.165, 1.54) is 98.7 Å². The van der Waals surface area contributed by atoms with Crippen LogP contribution in [0.4, 0.5) is 17.1 Å². The van der Waals surface area contributed by atoms with Gasteiger partial charge in [0.2, 0.25) is 0 Å². The summed E-state index contributed by atoms with van der Waals surface area (Å²) >= 11 is 0. The van der Waals surface area contributed by atoms with E-state index in [9.17, 15) is 0 Å². The summed E-state index contributed by atoms with van der Waals surface area (Å²) in [6.07, 6.45) is 10.4. The van der Waals surface area contributed by atoms with Gasteiger partial charge in [0, 0.05) is 28.7 Å². The van der Waals surface area contributed by atoms with Crippen LogP contribution in [0.1, 0.15) is 56.2 Å². The third kappa shape index (κ3) is 7.17. The highest BCUT2D eigenvalue weighted by atomic mass is 15.1. The number of hydrogen-bond acceptors (Lipinski definition) is 2. The van der Waals surface area contributed by atoms with E-state index in [-0.39, 0.29) is 5.41 Å². The topological polar surface area (TPSA) is 27.1 Å². The van der Waals surface area contributed by atoms with Gasteiger partial charge in [0.1, 0.15) is 0 Å². The molecular formula is C64H56N2. The van der Waals surface area contributed by atoms with Crippen molar-refractivity contribution in [3.8, 4) is 55.6 Å². The van der Waals surface area contributed by atoms with Gasteiger partial charge in [0.25, 0.3) is 0 Å². The molecule has 322 valence electrons. The van der Waals surface area contributed by atoms with Gasteiger partial charge < -0.3 is 10.3 Å². The Morgan fingerprint density at radius 2 is 0.985 bits per heavy atom. The zero-order chi connectivity index (χ0) is 44.8. The summed E-state index contributed by atoms with van der Waals surface area (Å²) in [6, 6.07) is 71.3. The molecule has 2 heteroatoms. The Bertz CT molecular complexity index is 2980. The highest BCUT2D eigenvalue weighted by molar-refractivity contribution is 5.97. The van der Waals surface area contributed by atoms with Crippen LogP contribution < -0.4 is 4.90 Å². The first-order valence-electron chi connectivity index (χ1n) is 23.9. The number of benzene rings is 8. The predicted molar refractivity (Wildman–Crippen MR) is 280 cm³/mol. The van der Waals surface area contributed by atoms with Gasteiger partial charge in [-0.05, 0) is 182 Å². The maximum absolute atomic E-state index is 8.10. The zero-order valence-corrected chi connectivity index (χ0v) is 38.0. The molecule has 1 N–H and O–H groups in total. The lowest BCUT2D eigenvalue weighted by molar-refractivity contribution is 0.0426. The van der Waals surface area contributed by atoms with Crippen molar-refractivity contribution in [3.05, 3.63) is 230 Å². The Morgan fingerprint density at radius 1 is 0.500 bits per heavy atom. The first-order valence-corrected chi connectivity index (χ1v) is 23.9. The second kappa shape index (κ2) is 17.3. The lowest BCUT2D eigenvalue weighted by Gasteiger charge is -2.54. The maximum Gasteiger partial charge on any atom is 0.0462 e. The fourth-order valence-corrected chi connectivity index (χ4v) is 12.6. The Labute approximate surface area is 391 Å². The summed E-state index contributed by atoms with van der Waals surface area (Å²) in [7, 11) is 0. The lowest BCUT2D eigenvalue weighted by atomic mass is 9.49. The molecule has 11 rings (SSSR count). The van der Waals surface area contributed by atoms with Crippen LogP contribution >= 0.6 is 0 Å². The molecule has 5 atom stereocenters. The van der Waals surface area contributed by atoms with Crippen molar-refractivity contribution in [3.63, 3.8) is 0 Å². The number of nitrogens with one attached hydrogen (secondary N) is 1. The van der Waals surface area contributed by atoms with Gasteiger partial charge in [-0.2, -0.15) is 0 Å². The third-order valence-corrected chi connectivity index (χ3v) is 15.3. The van der Waals surface area contributed by atoms with Crippen LogP contribution in [0.25, 0.3) is 61.2 Å². The van der Waals surface area contributed by atoms with Gasteiger partial charge in [0.05, 0.1) is 0 Å². The largest absolute Gasteiger partial charge is 0.311 e. The van der Waals surface area contributed by atoms with Crippen LogP contribution in [-0.2, 0) is 5.41 Å². The first-order chi connectivity index (χ1) is 32.4. The van der Waals surface area contributed by atoms with E-state index in [0.717, 1.165) is 40.0 Å². The highest BCUT2D eigenvalue weighted by Crippen LogP contribution is 2.65. The fraction of sp³-hybridized carbons (Fsp3) is 0.172. The smallest absolute Gasteiger partial charge is 0.0462 e. The molecule has 3 aliphatic rings. The fourth-order valence-electron chi connectivity index (χ4n) is 12.6. The van der Waals surface area contributed by atoms with Crippen molar-refractivity contribution in [1.29, 1.82) is 5.41 Å². The number of hydrogen-bond donors (Lipinski definition) is 1. The number of anilines is 3. The van der Waals surface area contributed by atoms with Crippen molar-refractivity contribution >= 4 is 28.8 Å². The summed E-state index contributed by atoms with van der Waals surface area (Å²) in [5.41, 5.74) is 20.7. The van der Waals surface area contributed by atoms with Crippen molar-refractivity contribution in [2.24, 2.45) is 23.7 Å². The normalized spacial score (nSPS) is 20.6. The van der Waals surface area contributed by atoms with Gasteiger partial charge in [-0.15, -0.1) is 0 Å². The number of allylic oxidation sites excluding steroid dienone is 3. The number of nitrogens with zero attached hydrogens (tertiary/aromatic N) is 1. The van der Waals surface area contributed by atoms with E-state index in [4.69, 9.17) is 5.41 Å². The third-order valence-electron chi connectivity index (χ3n) is 15.3. The van der Waals surface area contributed by atoms with Crippen LogP contribution in [0, 0.1) is 29.1 Å². The maximum atomic E-state index is 8.10. The van der Waals surface area contributed by atoms with Crippen LogP contribution in [0.5, 0.6) is 0 Å². The molecule has 3 aliphatic carbocycles. The molecule has 2 nitrogen and oxygen atoms in total. The van der Waals surface area contributed by atoms with Crippen molar-refractivity contribution in [2.75, 3.05) is 4.90 Å². The van der Waals surface area contributed by atoms with Crippen molar-refractivity contribution in [2.45, 2.75) is 44.9 Å². The minimum atomic E-state index is -0.00652. The van der Waals surface area contributed by atoms with Gasteiger partial charge >= 0.3 is 0 Å². The monoisotopic (exact) mass is 852 g/mol.